The van der Waals surface area contributed by atoms with Crippen molar-refractivity contribution < 1.29 is 27.2 Å². The fraction of sp³-hybridized carbons (Fsp3) is 0.0952. The van der Waals surface area contributed by atoms with Gasteiger partial charge in [0.25, 0.3) is 16.0 Å². The van der Waals surface area contributed by atoms with E-state index in [0.29, 0.717) is 0 Å². The third-order valence-electron chi connectivity index (χ3n) is 4.17. The van der Waals surface area contributed by atoms with Crippen molar-refractivity contribution in [3.8, 4) is 11.5 Å². The Balaban J connectivity index is 2.03. The molecule has 0 saturated heterocycles. The molecular formula is C21H20N2O6S. The summed E-state index contributed by atoms with van der Waals surface area (Å²) in [5.41, 5.74) is 3.40. The van der Waals surface area contributed by atoms with Crippen molar-refractivity contribution in [1.29, 1.82) is 0 Å². The van der Waals surface area contributed by atoms with E-state index in [4.69, 9.17) is 15.3 Å². The maximum atomic E-state index is 12.3. The van der Waals surface area contributed by atoms with Gasteiger partial charge in [-0.2, -0.15) is 8.42 Å². The van der Waals surface area contributed by atoms with Gasteiger partial charge in [-0.3, -0.25) is 14.8 Å². The largest absolute Gasteiger partial charge is 0.485 e. The minimum absolute atomic E-state index is 0.00475. The maximum absolute atomic E-state index is 12.3. The average Bonchev–Trinajstić information content (AvgIpc) is 2.76. The van der Waals surface area contributed by atoms with Crippen LogP contribution in [0.4, 0.5) is 0 Å². The molecule has 3 rings (SSSR count). The standard InChI is InChI=1S/C21H20N2O6S/c22-23-21(24)18-11-17(30(25,26)27)12-19(28-13-15-7-3-1-4-8-15)20(18)29-14-16-9-5-2-6-10-16/h1-12H,13-14,22H2,(H,23,24)(H,25,26,27). The van der Waals surface area contributed by atoms with Crippen molar-refractivity contribution in [2.75, 3.05) is 0 Å². The number of hydrogen-bond acceptors (Lipinski definition) is 6. The summed E-state index contributed by atoms with van der Waals surface area (Å²) >= 11 is 0. The predicted molar refractivity (Wildman–Crippen MR) is 109 cm³/mol. The molecule has 3 aromatic carbocycles. The Labute approximate surface area is 174 Å². The summed E-state index contributed by atoms with van der Waals surface area (Å²) < 4.78 is 44.5. The number of nitrogens with two attached hydrogens (primary N) is 1. The van der Waals surface area contributed by atoms with Crippen molar-refractivity contribution in [1.82, 2.24) is 5.43 Å². The SMILES string of the molecule is NNC(=O)c1cc(S(=O)(=O)O)cc(OCc2ccccc2)c1OCc1ccccc1. The molecule has 30 heavy (non-hydrogen) atoms. The summed E-state index contributed by atoms with van der Waals surface area (Å²) in [5, 5.41) is 0. The van der Waals surface area contributed by atoms with Crippen LogP contribution in [0.5, 0.6) is 11.5 Å². The van der Waals surface area contributed by atoms with Crippen LogP contribution in [0.2, 0.25) is 0 Å². The molecule has 0 spiro atoms. The van der Waals surface area contributed by atoms with Crippen LogP contribution in [0.1, 0.15) is 21.5 Å². The van der Waals surface area contributed by atoms with Crippen LogP contribution >= 0.6 is 0 Å². The van der Waals surface area contributed by atoms with E-state index < -0.39 is 20.9 Å². The van der Waals surface area contributed by atoms with Gasteiger partial charge in [0.2, 0.25) is 0 Å². The van der Waals surface area contributed by atoms with E-state index in [1.54, 1.807) is 0 Å². The van der Waals surface area contributed by atoms with Gasteiger partial charge in [0.15, 0.2) is 11.5 Å². The molecule has 0 heterocycles. The van der Waals surface area contributed by atoms with Gasteiger partial charge in [-0.05, 0) is 17.2 Å². The number of hydrazine groups is 1. The highest BCUT2D eigenvalue weighted by atomic mass is 32.2. The van der Waals surface area contributed by atoms with E-state index >= 15 is 0 Å². The van der Waals surface area contributed by atoms with Crippen LogP contribution in [0.3, 0.4) is 0 Å². The zero-order valence-electron chi connectivity index (χ0n) is 15.8. The molecule has 0 aromatic heterocycles. The molecule has 0 aliphatic carbocycles. The van der Waals surface area contributed by atoms with E-state index in [0.717, 1.165) is 23.3 Å². The van der Waals surface area contributed by atoms with Gasteiger partial charge in [-0.25, -0.2) is 5.84 Å². The van der Waals surface area contributed by atoms with Crippen molar-refractivity contribution >= 4 is 16.0 Å². The molecule has 0 fully saturated rings. The molecule has 1 amide bonds. The van der Waals surface area contributed by atoms with Crippen LogP contribution in [0, 0.1) is 0 Å². The molecule has 3 aromatic rings. The van der Waals surface area contributed by atoms with Gasteiger partial charge < -0.3 is 9.47 Å². The number of amides is 1. The highest BCUT2D eigenvalue weighted by molar-refractivity contribution is 7.85. The molecule has 9 heteroatoms. The molecule has 8 nitrogen and oxygen atoms in total. The van der Waals surface area contributed by atoms with Crippen LogP contribution in [0.15, 0.2) is 77.7 Å². The number of carbonyl (C=O) groups excluding carboxylic acids is 1. The van der Waals surface area contributed by atoms with Crippen molar-refractivity contribution in [2.45, 2.75) is 18.1 Å². The van der Waals surface area contributed by atoms with Gasteiger partial charge in [-0.1, -0.05) is 60.7 Å². The molecule has 0 atom stereocenters. The first-order valence-electron chi connectivity index (χ1n) is 8.88. The Morgan fingerprint density at radius 2 is 1.43 bits per heavy atom. The van der Waals surface area contributed by atoms with E-state index in [-0.39, 0.29) is 30.3 Å². The van der Waals surface area contributed by atoms with Crippen molar-refractivity contribution in [3.63, 3.8) is 0 Å². The Bertz CT molecular complexity index is 1120. The minimum Gasteiger partial charge on any atom is -0.485 e. The quantitative estimate of drug-likeness (QED) is 0.218. The zero-order chi connectivity index (χ0) is 21.6. The van der Waals surface area contributed by atoms with Crippen LogP contribution in [-0.4, -0.2) is 18.9 Å². The Morgan fingerprint density at radius 1 is 0.900 bits per heavy atom. The second-order valence-corrected chi connectivity index (χ2v) is 7.72. The number of ether oxygens (including phenoxy) is 2. The third kappa shape index (κ3) is 5.35. The molecule has 0 bridgehead atoms. The van der Waals surface area contributed by atoms with Gasteiger partial charge in [0, 0.05) is 6.07 Å². The molecule has 0 saturated carbocycles. The van der Waals surface area contributed by atoms with Gasteiger partial charge in [-0.15, -0.1) is 0 Å². The van der Waals surface area contributed by atoms with Crippen LogP contribution in [0.25, 0.3) is 0 Å². The first-order chi connectivity index (χ1) is 14.4. The molecule has 0 aliphatic heterocycles. The van der Waals surface area contributed by atoms with Crippen LogP contribution in [-0.2, 0) is 23.3 Å². The van der Waals surface area contributed by atoms with Crippen molar-refractivity contribution in [3.05, 3.63) is 89.5 Å². The average molecular weight is 428 g/mol. The fourth-order valence-corrected chi connectivity index (χ4v) is 3.22. The fourth-order valence-electron chi connectivity index (χ4n) is 2.69. The number of nitrogens with one attached hydrogen (secondary N) is 1. The first-order valence-corrected chi connectivity index (χ1v) is 10.3. The molecule has 0 radical (unpaired) electrons. The zero-order valence-corrected chi connectivity index (χ0v) is 16.6. The Hall–Kier alpha value is -3.40. The monoisotopic (exact) mass is 428 g/mol. The summed E-state index contributed by atoms with van der Waals surface area (Å²) in [6.07, 6.45) is 0. The topological polar surface area (TPSA) is 128 Å². The summed E-state index contributed by atoms with van der Waals surface area (Å²) in [7, 11) is -4.61. The summed E-state index contributed by atoms with van der Waals surface area (Å²) in [6, 6.07) is 20.4. The van der Waals surface area contributed by atoms with E-state index in [1.807, 2.05) is 66.1 Å². The molecular weight excluding hydrogens is 408 g/mol. The van der Waals surface area contributed by atoms with E-state index in [2.05, 4.69) is 0 Å². The smallest absolute Gasteiger partial charge is 0.294 e. The second kappa shape index (κ2) is 9.40. The second-order valence-electron chi connectivity index (χ2n) is 6.30. The lowest BCUT2D eigenvalue weighted by molar-refractivity contribution is 0.0947. The van der Waals surface area contributed by atoms with Crippen LogP contribution < -0.4 is 20.7 Å². The first kappa shape index (κ1) is 21.3. The summed E-state index contributed by atoms with van der Waals surface area (Å²) in [5.74, 6) is 4.43. The van der Waals surface area contributed by atoms with Crippen molar-refractivity contribution in [2.24, 2.45) is 5.84 Å². The summed E-state index contributed by atoms with van der Waals surface area (Å²) in [4.78, 5) is 11.8. The predicted octanol–water partition coefficient (Wildman–Crippen LogP) is 2.69. The normalized spacial score (nSPS) is 11.0. The Kier molecular flexibility index (Phi) is 6.68. The third-order valence-corrected chi connectivity index (χ3v) is 5.00. The van der Waals surface area contributed by atoms with Gasteiger partial charge in [0.1, 0.15) is 13.2 Å². The van der Waals surface area contributed by atoms with E-state index in [1.165, 1.54) is 0 Å². The number of nitrogen functional groups attached to an aromatic ring is 1. The number of hydrogen-bond donors (Lipinski definition) is 3. The van der Waals surface area contributed by atoms with Gasteiger partial charge >= 0.3 is 0 Å². The lowest BCUT2D eigenvalue weighted by atomic mass is 10.1. The van der Waals surface area contributed by atoms with Gasteiger partial charge in [0.05, 0.1) is 10.5 Å². The minimum atomic E-state index is -4.61. The molecule has 156 valence electrons. The molecule has 0 aliphatic rings. The van der Waals surface area contributed by atoms with E-state index in [9.17, 15) is 17.8 Å². The number of rotatable bonds is 8. The maximum Gasteiger partial charge on any atom is 0.294 e. The Morgan fingerprint density at radius 3 is 1.93 bits per heavy atom. The number of benzene rings is 3. The lowest BCUT2D eigenvalue weighted by Crippen LogP contribution is -2.30. The lowest BCUT2D eigenvalue weighted by Gasteiger charge is -2.17. The summed E-state index contributed by atoms with van der Waals surface area (Å²) in [6.45, 7) is 0.180. The highest BCUT2D eigenvalue weighted by Crippen LogP contribution is 2.36. The number of carbonyl (C=O) groups is 1. The highest BCUT2D eigenvalue weighted by Gasteiger charge is 2.23. The molecule has 4 N–H and O–H groups in total. The molecule has 0 unspecified atom stereocenters.